The lowest BCUT2D eigenvalue weighted by Gasteiger charge is -2.37. The van der Waals surface area contributed by atoms with Crippen LogP contribution >= 0.6 is 0 Å². The van der Waals surface area contributed by atoms with Crippen molar-refractivity contribution in [1.29, 1.82) is 0 Å². The minimum Gasteiger partial charge on any atom is -0.487 e. The van der Waals surface area contributed by atoms with Crippen molar-refractivity contribution in [2.45, 2.75) is 32.4 Å². The summed E-state index contributed by atoms with van der Waals surface area (Å²) < 4.78 is 9.68. The molecule has 36 heavy (non-hydrogen) atoms. The zero-order valence-electron chi connectivity index (χ0n) is 20.8. The number of nitrogens with one attached hydrogen (secondary N) is 1. The van der Waals surface area contributed by atoms with Crippen molar-refractivity contribution in [2.24, 2.45) is 7.05 Å². The molecule has 0 spiro atoms. The van der Waals surface area contributed by atoms with Crippen LogP contribution in [0.3, 0.4) is 0 Å². The van der Waals surface area contributed by atoms with Gasteiger partial charge in [0.2, 0.25) is 0 Å². The molecule has 0 saturated carbocycles. The van der Waals surface area contributed by atoms with E-state index in [9.17, 15) is 4.79 Å². The zero-order valence-corrected chi connectivity index (χ0v) is 20.8. The van der Waals surface area contributed by atoms with Gasteiger partial charge in [0, 0.05) is 82.0 Å². The molecule has 1 saturated heterocycles. The number of carbonyl (C=O) groups is 1. The number of carbonyl (C=O) groups excluding carboxylic acids is 1. The number of benzene rings is 1. The molecule has 186 valence electrons. The molecule has 5 heterocycles. The van der Waals surface area contributed by atoms with Crippen LogP contribution in [0.5, 0.6) is 5.75 Å². The molecule has 2 aliphatic rings. The van der Waals surface area contributed by atoms with Crippen LogP contribution in [0.15, 0.2) is 49.2 Å². The van der Waals surface area contributed by atoms with Crippen molar-refractivity contribution in [3.05, 3.63) is 65.9 Å². The number of piperazine rings is 1. The first-order valence-corrected chi connectivity index (χ1v) is 12.3. The Balaban J connectivity index is 1.26. The maximum absolute atomic E-state index is 13.3. The molecule has 0 atom stereocenters. The average Bonchev–Trinajstić information content (AvgIpc) is 3.54. The number of amides is 1. The average molecular weight is 487 g/mol. The van der Waals surface area contributed by atoms with Crippen LogP contribution in [0.2, 0.25) is 0 Å². The molecule has 2 aliphatic heterocycles. The second-order valence-corrected chi connectivity index (χ2v) is 10.2. The lowest BCUT2D eigenvalue weighted by Crippen LogP contribution is -2.46. The van der Waals surface area contributed by atoms with Gasteiger partial charge in [-0.3, -0.25) is 14.4 Å². The van der Waals surface area contributed by atoms with E-state index in [0.717, 1.165) is 61.8 Å². The van der Waals surface area contributed by atoms with Crippen LogP contribution < -0.4 is 15.0 Å². The molecule has 0 aliphatic carbocycles. The molecule has 6 rings (SSSR count). The molecule has 0 radical (unpaired) electrons. The van der Waals surface area contributed by atoms with Crippen molar-refractivity contribution >= 4 is 22.9 Å². The first kappa shape index (κ1) is 22.5. The number of aryl methyl sites for hydroxylation is 1. The fourth-order valence-corrected chi connectivity index (χ4v) is 5.14. The highest BCUT2D eigenvalue weighted by atomic mass is 16.5. The smallest absolute Gasteiger partial charge is 0.261 e. The van der Waals surface area contributed by atoms with E-state index in [4.69, 9.17) is 4.74 Å². The number of ether oxygens (including phenoxy) is 1. The third-order valence-corrected chi connectivity index (χ3v) is 6.83. The highest BCUT2D eigenvalue weighted by Gasteiger charge is 2.32. The van der Waals surface area contributed by atoms with Crippen molar-refractivity contribution in [2.75, 3.05) is 36.4 Å². The molecular formula is C26H30N8O2. The maximum atomic E-state index is 13.3. The quantitative estimate of drug-likeness (QED) is 0.464. The SMILES string of the molecule is Cn1cc(CN2CCN(c3cc4c(cc3NC(=O)c3cnn5cccnc35)CC(C)(C)O4)CC2)cn1. The number of fused-ring (bicyclic) bond motifs is 2. The number of hydrogen-bond acceptors (Lipinski definition) is 7. The fraction of sp³-hybridized carbons (Fsp3) is 0.385. The molecule has 3 aromatic heterocycles. The summed E-state index contributed by atoms with van der Waals surface area (Å²) in [5.74, 6) is 0.668. The molecule has 4 aromatic rings. The van der Waals surface area contributed by atoms with Gasteiger partial charge in [-0.1, -0.05) is 0 Å². The highest BCUT2D eigenvalue weighted by molar-refractivity contribution is 6.09. The third-order valence-electron chi connectivity index (χ3n) is 6.83. The molecule has 0 bridgehead atoms. The van der Waals surface area contributed by atoms with Gasteiger partial charge in [-0.05, 0) is 26.0 Å². The van der Waals surface area contributed by atoms with Gasteiger partial charge in [-0.2, -0.15) is 10.2 Å². The summed E-state index contributed by atoms with van der Waals surface area (Å²) in [5, 5.41) is 11.7. The van der Waals surface area contributed by atoms with Gasteiger partial charge >= 0.3 is 0 Å². The van der Waals surface area contributed by atoms with Gasteiger partial charge in [-0.25, -0.2) is 9.50 Å². The van der Waals surface area contributed by atoms with E-state index in [0.29, 0.717) is 11.2 Å². The molecule has 1 fully saturated rings. The van der Waals surface area contributed by atoms with Gasteiger partial charge in [-0.15, -0.1) is 0 Å². The highest BCUT2D eigenvalue weighted by Crippen LogP contribution is 2.42. The molecule has 10 heteroatoms. The number of rotatable bonds is 5. The Kier molecular flexibility index (Phi) is 5.40. The molecular weight excluding hydrogens is 456 g/mol. The predicted molar refractivity (Wildman–Crippen MR) is 136 cm³/mol. The van der Waals surface area contributed by atoms with E-state index in [2.05, 4.69) is 62.5 Å². The minimum absolute atomic E-state index is 0.224. The summed E-state index contributed by atoms with van der Waals surface area (Å²) in [7, 11) is 1.94. The summed E-state index contributed by atoms with van der Waals surface area (Å²) in [4.78, 5) is 22.4. The summed E-state index contributed by atoms with van der Waals surface area (Å²) >= 11 is 0. The summed E-state index contributed by atoms with van der Waals surface area (Å²) in [6.45, 7) is 8.61. The lowest BCUT2D eigenvalue weighted by molar-refractivity contribution is 0.102. The molecule has 1 aromatic carbocycles. The van der Waals surface area contributed by atoms with Gasteiger partial charge in [0.1, 0.15) is 16.9 Å². The van der Waals surface area contributed by atoms with E-state index in [1.54, 1.807) is 29.2 Å². The standard InChI is InChI=1S/C26H30N8O2/c1-26(2)13-19-11-21(30-25(35)20-15-29-34-6-4-5-27-24(20)34)22(12-23(19)36-26)33-9-7-32(8-10-33)17-18-14-28-31(3)16-18/h4-6,11-12,14-16H,7-10,13,17H2,1-3H3,(H,30,35). The topological polar surface area (TPSA) is 92.8 Å². The van der Waals surface area contributed by atoms with Gasteiger partial charge in [0.05, 0.1) is 23.8 Å². The normalized spacial score (nSPS) is 17.2. The Bertz CT molecular complexity index is 1430. The molecule has 1 N–H and O–H groups in total. The van der Waals surface area contributed by atoms with Crippen molar-refractivity contribution in [3.8, 4) is 5.75 Å². The third kappa shape index (κ3) is 4.28. The van der Waals surface area contributed by atoms with E-state index >= 15 is 0 Å². The van der Waals surface area contributed by atoms with E-state index in [1.165, 1.54) is 5.56 Å². The molecule has 0 unspecified atom stereocenters. The van der Waals surface area contributed by atoms with Crippen molar-refractivity contribution < 1.29 is 9.53 Å². The van der Waals surface area contributed by atoms with E-state index in [1.807, 2.05) is 17.9 Å². The second kappa shape index (κ2) is 8.63. The Morgan fingerprint density at radius 2 is 1.97 bits per heavy atom. The number of aromatic nitrogens is 5. The largest absolute Gasteiger partial charge is 0.487 e. The lowest BCUT2D eigenvalue weighted by atomic mass is 10.0. The number of nitrogens with zero attached hydrogens (tertiary/aromatic N) is 7. The zero-order chi connectivity index (χ0) is 24.9. The summed E-state index contributed by atoms with van der Waals surface area (Å²) in [6, 6.07) is 5.94. The van der Waals surface area contributed by atoms with Crippen LogP contribution in [0, 0.1) is 0 Å². The Morgan fingerprint density at radius 1 is 1.14 bits per heavy atom. The predicted octanol–water partition coefficient (Wildman–Crippen LogP) is 2.75. The molecule has 10 nitrogen and oxygen atoms in total. The van der Waals surface area contributed by atoms with Crippen LogP contribution in [-0.2, 0) is 20.0 Å². The first-order valence-electron chi connectivity index (χ1n) is 12.3. The Labute approximate surface area is 209 Å². The maximum Gasteiger partial charge on any atom is 0.261 e. The minimum atomic E-state index is -0.267. The van der Waals surface area contributed by atoms with Gasteiger partial charge in [0.15, 0.2) is 5.65 Å². The summed E-state index contributed by atoms with van der Waals surface area (Å²) in [5.41, 5.74) is 4.80. The number of anilines is 2. The van der Waals surface area contributed by atoms with Crippen LogP contribution in [0.4, 0.5) is 11.4 Å². The second-order valence-electron chi connectivity index (χ2n) is 10.2. The monoisotopic (exact) mass is 486 g/mol. The van der Waals surface area contributed by atoms with E-state index in [-0.39, 0.29) is 11.5 Å². The van der Waals surface area contributed by atoms with E-state index < -0.39 is 0 Å². The van der Waals surface area contributed by atoms with Crippen molar-refractivity contribution in [3.63, 3.8) is 0 Å². The van der Waals surface area contributed by atoms with Gasteiger partial charge < -0.3 is 15.0 Å². The Hall–Kier alpha value is -3.92. The van der Waals surface area contributed by atoms with Crippen LogP contribution in [-0.4, -0.2) is 67.0 Å². The Morgan fingerprint density at radius 3 is 2.75 bits per heavy atom. The van der Waals surface area contributed by atoms with Crippen LogP contribution in [0.25, 0.3) is 5.65 Å². The molecule has 1 amide bonds. The van der Waals surface area contributed by atoms with Gasteiger partial charge in [0.25, 0.3) is 5.91 Å². The fourth-order valence-electron chi connectivity index (χ4n) is 5.14. The van der Waals surface area contributed by atoms with Crippen molar-refractivity contribution in [1.82, 2.24) is 29.3 Å². The summed E-state index contributed by atoms with van der Waals surface area (Å²) in [6.07, 6.45) is 9.80. The first-order chi connectivity index (χ1) is 17.3. The van der Waals surface area contributed by atoms with Crippen LogP contribution in [0.1, 0.15) is 35.3 Å². The number of hydrogen-bond donors (Lipinski definition) is 1.